The summed E-state index contributed by atoms with van der Waals surface area (Å²) in [7, 11) is 0. The van der Waals surface area contributed by atoms with Gasteiger partial charge in [-0.25, -0.2) is 0 Å². The Hall–Kier alpha value is -2.25. The van der Waals surface area contributed by atoms with Crippen LogP contribution in [0.15, 0.2) is 30.3 Å². The number of nitro benzene ring substituents is 1. The van der Waals surface area contributed by atoms with Crippen LogP contribution in [0.5, 0.6) is 0 Å². The van der Waals surface area contributed by atoms with Gasteiger partial charge in [0.15, 0.2) is 0 Å². The van der Waals surface area contributed by atoms with Crippen molar-refractivity contribution in [1.29, 1.82) is 0 Å². The van der Waals surface area contributed by atoms with E-state index in [-0.39, 0.29) is 16.5 Å². The van der Waals surface area contributed by atoms with Gasteiger partial charge in [0.05, 0.1) is 30.2 Å². The van der Waals surface area contributed by atoms with E-state index in [1.165, 1.54) is 6.07 Å². The number of para-hydroxylation sites is 1. The van der Waals surface area contributed by atoms with E-state index in [4.69, 9.17) is 4.74 Å². The maximum Gasteiger partial charge on any atom is 0.276 e. The molecule has 0 atom stereocenters. The van der Waals surface area contributed by atoms with Gasteiger partial charge >= 0.3 is 0 Å². The highest BCUT2D eigenvalue weighted by molar-refractivity contribution is 5.78. The number of benzene rings is 1. The van der Waals surface area contributed by atoms with Crippen molar-refractivity contribution in [3.05, 3.63) is 46.0 Å². The van der Waals surface area contributed by atoms with E-state index in [0.29, 0.717) is 31.2 Å². The number of carbonyl (C=O) groups is 1. The molecule has 140 valence electrons. The Morgan fingerprint density at radius 2 is 1.88 bits per heavy atom. The van der Waals surface area contributed by atoms with Crippen LogP contribution >= 0.6 is 0 Å². The summed E-state index contributed by atoms with van der Waals surface area (Å²) in [6, 6.07) is 6.76. The smallest absolute Gasteiger partial charge is 0.276 e. The van der Waals surface area contributed by atoms with Gasteiger partial charge in [-0.1, -0.05) is 24.3 Å². The van der Waals surface area contributed by atoms with Crippen LogP contribution in [0.25, 0.3) is 6.08 Å². The molecule has 26 heavy (non-hydrogen) atoms. The highest BCUT2D eigenvalue weighted by atomic mass is 16.6. The molecule has 1 aromatic rings. The second-order valence-corrected chi connectivity index (χ2v) is 6.78. The number of hydrogen-bond acceptors (Lipinski definition) is 5. The highest BCUT2D eigenvalue weighted by Gasteiger charge is 2.23. The van der Waals surface area contributed by atoms with Crippen LogP contribution in [0.4, 0.5) is 5.69 Å². The number of morpholine rings is 1. The van der Waals surface area contributed by atoms with E-state index in [1.54, 1.807) is 18.2 Å². The zero-order valence-corrected chi connectivity index (χ0v) is 14.9. The van der Waals surface area contributed by atoms with Crippen LogP contribution in [0.1, 0.15) is 18.4 Å². The molecular formula is C19H25N3O4. The van der Waals surface area contributed by atoms with Crippen molar-refractivity contribution in [3.8, 4) is 0 Å². The zero-order chi connectivity index (χ0) is 18.4. The van der Waals surface area contributed by atoms with Crippen LogP contribution in [0, 0.1) is 16.0 Å². The van der Waals surface area contributed by atoms with Gasteiger partial charge in [-0.3, -0.25) is 19.8 Å². The number of piperidine rings is 1. The van der Waals surface area contributed by atoms with Gasteiger partial charge in [-0.15, -0.1) is 0 Å². The lowest BCUT2D eigenvalue weighted by molar-refractivity contribution is -0.385. The zero-order valence-electron chi connectivity index (χ0n) is 14.9. The minimum atomic E-state index is -0.355. The first-order chi connectivity index (χ1) is 12.6. The number of amides is 1. The molecular weight excluding hydrogens is 334 g/mol. The van der Waals surface area contributed by atoms with Crippen molar-refractivity contribution < 1.29 is 14.5 Å². The number of nitro groups is 1. The maximum absolute atomic E-state index is 12.4. The summed E-state index contributed by atoms with van der Waals surface area (Å²) in [5.41, 5.74) is 0.755. The van der Waals surface area contributed by atoms with Crippen molar-refractivity contribution in [2.75, 3.05) is 45.9 Å². The predicted molar refractivity (Wildman–Crippen MR) is 98.7 cm³/mol. The molecule has 2 aliphatic rings. The fourth-order valence-electron chi connectivity index (χ4n) is 3.43. The molecule has 0 saturated carbocycles. The molecule has 0 bridgehead atoms. The van der Waals surface area contributed by atoms with Gasteiger partial charge in [-0.2, -0.15) is 0 Å². The summed E-state index contributed by atoms with van der Waals surface area (Å²) < 4.78 is 5.31. The molecule has 7 nitrogen and oxygen atoms in total. The summed E-state index contributed by atoms with van der Waals surface area (Å²) in [6.45, 7) is 5.00. The van der Waals surface area contributed by atoms with Crippen LogP contribution < -0.4 is 0 Å². The fourth-order valence-corrected chi connectivity index (χ4v) is 3.43. The quantitative estimate of drug-likeness (QED) is 0.595. The van der Waals surface area contributed by atoms with E-state index < -0.39 is 0 Å². The fraction of sp³-hybridized carbons (Fsp3) is 0.526. The Kier molecular flexibility index (Phi) is 6.35. The number of nitrogens with zero attached hydrogens (tertiary/aromatic N) is 3. The predicted octanol–water partition coefficient (Wildman–Crippen LogP) is 2.18. The molecule has 0 aliphatic carbocycles. The SMILES string of the molecule is O=C(CN1CCOCC1)N1CCC(C=Cc2ccccc2[N+](=O)[O-])CC1. The van der Waals surface area contributed by atoms with E-state index >= 15 is 0 Å². The number of likely N-dealkylation sites (tertiary alicyclic amines) is 1. The summed E-state index contributed by atoms with van der Waals surface area (Å²) in [6.07, 6.45) is 5.68. The Morgan fingerprint density at radius 3 is 2.58 bits per heavy atom. The van der Waals surface area contributed by atoms with Crippen LogP contribution in [-0.4, -0.2) is 66.6 Å². The van der Waals surface area contributed by atoms with Crippen molar-refractivity contribution in [1.82, 2.24) is 9.80 Å². The third-order valence-corrected chi connectivity index (χ3v) is 5.04. The third kappa shape index (κ3) is 4.89. The molecule has 2 heterocycles. The molecule has 3 rings (SSSR count). The lowest BCUT2D eigenvalue weighted by atomic mass is 9.95. The van der Waals surface area contributed by atoms with E-state index in [2.05, 4.69) is 4.90 Å². The van der Waals surface area contributed by atoms with Gasteiger partial charge in [-0.05, 0) is 24.8 Å². The van der Waals surface area contributed by atoms with Gasteiger partial charge < -0.3 is 9.64 Å². The molecule has 2 aliphatic heterocycles. The average Bonchev–Trinajstić information content (AvgIpc) is 2.67. The van der Waals surface area contributed by atoms with Gasteiger partial charge in [0.1, 0.15) is 0 Å². The monoisotopic (exact) mass is 359 g/mol. The summed E-state index contributed by atoms with van der Waals surface area (Å²) >= 11 is 0. The minimum Gasteiger partial charge on any atom is -0.379 e. The second kappa shape index (κ2) is 8.91. The van der Waals surface area contributed by atoms with Crippen molar-refractivity contribution in [2.24, 2.45) is 5.92 Å². The van der Waals surface area contributed by atoms with Crippen molar-refractivity contribution in [2.45, 2.75) is 12.8 Å². The van der Waals surface area contributed by atoms with Gasteiger partial charge in [0, 0.05) is 32.2 Å². The Labute approximate surface area is 153 Å². The molecule has 1 aromatic carbocycles. The minimum absolute atomic E-state index is 0.127. The number of ether oxygens (including phenoxy) is 1. The lowest BCUT2D eigenvalue weighted by Gasteiger charge is -2.33. The van der Waals surface area contributed by atoms with E-state index in [9.17, 15) is 14.9 Å². The first-order valence-corrected chi connectivity index (χ1v) is 9.13. The van der Waals surface area contributed by atoms with Crippen LogP contribution in [0.3, 0.4) is 0 Å². The molecule has 0 N–H and O–H groups in total. The standard InChI is InChI=1S/C19H25N3O4/c23-19(15-20-11-13-26-14-12-20)21-9-7-16(8-10-21)5-6-17-3-1-2-4-18(17)22(24)25/h1-6,16H,7-15H2. The normalized spacial score (nSPS) is 19.8. The molecule has 0 aromatic heterocycles. The first kappa shape index (κ1) is 18.5. The number of carbonyl (C=O) groups excluding carboxylic acids is 1. The summed E-state index contributed by atoms with van der Waals surface area (Å²) in [4.78, 5) is 27.2. The van der Waals surface area contributed by atoms with Gasteiger partial charge in [0.25, 0.3) is 5.69 Å². The Morgan fingerprint density at radius 1 is 1.19 bits per heavy atom. The topological polar surface area (TPSA) is 75.9 Å². The summed E-state index contributed by atoms with van der Waals surface area (Å²) in [5, 5.41) is 11.1. The molecule has 2 fully saturated rings. The van der Waals surface area contributed by atoms with Crippen molar-refractivity contribution >= 4 is 17.7 Å². The van der Waals surface area contributed by atoms with Crippen LogP contribution in [-0.2, 0) is 9.53 Å². The largest absolute Gasteiger partial charge is 0.379 e. The second-order valence-electron chi connectivity index (χ2n) is 6.78. The van der Waals surface area contributed by atoms with E-state index in [0.717, 1.165) is 39.0 Å². The number of allylic oxidation sites excluding steroid dienone is 1. The molecule has 2 saturated heterocycles. The van der Waals surface area contributed by atoms with Gasteiger partial charge in [0.2, 0.25) is 5.91 Å². The molecule has 0 radical (unpaired) electrons. The summed E-state index contributed by atoms with van der Waals surface area (Å²) in [5.74, 6) is 0.537. The maximum atomic E-state index is 12.4. The Balaban J connectivity index is 1.49. The Bertz CT molecular complexity index is 663. The molecule has 0 spiro atoms. The molecule has 0 unspecified atom stereocenters. The average molecular weight is 359 g/mol. The molecule has 1 amide bonds. The number of rotatable bonds is 5. The molecule has 7 heteroatoms. The number of hydrogen-bond donors (Lipinski definition) is 0. The van der Waals surface area contributed by atoms with Crippen molar-refractivity contribution in [3.63, 3.8) is 0 Å². The van der Waals surface area contributed by atoms with Crippen LogP contribution in [0.2, 0.25) is 0 Å². The first-order valence-electron chi connectivity index (χ1n) is 9.13. The third-order valence-electron chi connectivity index (χ3n) is 5.04. The lowest BCUT2D eigenvalue weighted by Crippen LogP contribution is -2.46. The highest BCUT2D eigenvalue weighted by Crippen LogP contribution is 2.23. The van der Waals surface area contributed by atoms with E-state index in [1.807, 2.05) is 17.1 Å².